The molecule has 3 amide bonds. The van der Waals surface area contributed by atoms with E-state index in [1.165, 1.54) is 26.2 Å². The maximum Gasteiger partial charge on any atom is 0.253 e. The van der Waals surface area contributed by atoms with Crippen molar-refractivity contribution < 1.29 is 14.4 Å². The smallest absolute Gasteiger partial charge is 0.253 e. The molecule has 0 saturated carbocycles. The fourth-order valence-electron chi connectivity index (χ4n) is 4.29. The van der Waals surface area contributed by atoms with E-state index < -0.39 is 5.41 Å². The summed E-state index contributed by atoms with van der Waals surface area (Å²) >= 11 is 6.00. The first kappa shape index (κ1) is 25.6. The number of hydrogen-bond acceptors (Lipinski definition) is 5. The molecule has 0 aliphatic carbocycles. The van der Waals surface area contributed by atoms with Crippen molar-refractivity contribution in [3.8, 4) is 0 Å². The first-order chi connectivity index (χ1) is 16.1. The Hall–Kier alpha value is -2.97. The van der Waals surface area contributed by atoms with E-state index in [4.69, 9.17) is 11.6 Å². The summed E-state index contributed by atoms with van der Waals surface area (Å²) in [6.45, 7) is 8.01. The third kappa shape index (κ3) is 5.23. The van der Waals surface area contributed by atoms with Gasteiger partial charge in [-0.25, -0.2) is 4.98 Å². The minimum absolute atomic E-state index is 0.00616. The van der Waals surface area contributed by atoms with Crippen LogP contribution in [0.1, 0.15) is 48.2 Å². The summed E-state index contributed by atoms with van der Waals surface area (Å²) in [5.74, 6) is -0.325. The summed E-state index contributed by atoms with van der Waals surface area (Å²) in [6.07, 6.45) is 1.41. The molecule has 0 spiro atoms. The zero-order valence-corrected chi connectivity index (χ0v) is 21.1. The van der Waals surface area contributed by atoms with Crippen LogP contribution in [0.5, 0.6) is 0 Å². The van der Waals surface area contributed by atoms with Gasteiger partial charge in [0.1, 0.15) is 5.15 Å². The zero-order valence-electron chi connectivity index (χ0n) is 20.3. The highest BCUT2D eigenvalue weighted by Gasteiger charge is 2.51. The van der Waals surface area contributed by atoms with Crippen LogP contribution in [0.25, 0.3) is 0 Å². The summed E-state index contributed by atoms with van der Waals surface area (Å²) in [4.78, 5) is 45.7. The number of carbonyl (C=O) groups is 3. The van der Waals surface area contributed by atoms with Crippen molar-refractivity contribution >= 4 is 35.0 Å². The largest absolute Gasteiger partial charge is 0.355 e. The SMILES string of the molecule is CNC(=O)c1cc(Cl)ncc1NC(=O)C1(c2ccccc2C(C)C)CN(CCN(C)C(C)=O)C1. The minimum atomic E-state index is -0.796. The fraction of sp³-hybridized carbons (Fsp3) is 0.440. The Morgan fingerprint density at radius 3 is 2.53 bits per heavy atom. The van der Waals surface area contributed by atoms with Crippen molar-refractivity contribution in [1.82, 2.24) is 20.1 Å². The van der Waals surface area contributed by atoms with Gasteiger partial charge in [-0.1, -0.05) is 49.7 Å². The molecule has 0 radical (unpaired) electrons. The molecule has 1 fully saturated rings. The lowest BCUT2D eigenvalue weighted by molar-refractivity contribution is -0.131. The lowest BCUT2D eigenvalue weighted by atomic mass is 9.69. The standard InChI is InChI=1S/C25H32ClN5O3/c1-16(2)18-8-6-7-9-20(18)25(14-31(15-25)11-10-30(5)17(3)32)24(34)29-21-13-28-22(26)12-19(21)23(33)27-4/h6-9,12-13,16H,10-11,14-15H2,1-5H3,(H,27,33)(H,29,34). The van der Waals surface area contributed by atoms with Crippen molar-refractivity contribution in [1.29, 1.82) is 0 Å². The highest BCUT2D eigenvalue weighted by atomic mass is 35.5. The summed E-state index contributed by atoms with van der Waals surface area (Å²) in [6, 6.07) is 9.43. The molecule has 1 aromatic carbocycles. The van der Waals surface area contributed by atoms with E-state index in [9.17, 15) is 14.4 Å². The first-order valence-electron chi connectivity index (χ1n) is 11.3. The molecule has 182 valence electrons. The van der Waals surface area contributed by atoms with E-state index >= 15 is 0 Å². The van der Waals surface area contributed by atoms with Gasteiger partial charge < -0.3 is 15.5 Å². The molecule has 1 saturated heterocycles. The van der Waals surface area contributed by atoms with Crippen molar-refractivity contribution in [3.63, 3.8) is 0 Å². The molecule has 0 unspecified atom stereocenters. The number of aromatic nitrogens is 1. The zero-order chi connectivity index (χ0) is 25.0. The summed E-state index contributed by atoms with van der Waals surface area (Å²) < 4.78 is 0. The maximum atomic E-state index is 13.8. The number of pyridine rings is 1. The fourth-order valence-corrected chi connectivity index (χ4v) is 4.45. The van der Waals surface area contributed by atoms with Gasteiger partial charge in [0, 0.05) is 47.2 Å². The van der Waals surface area contributed by atoms with Crippen LogP contribution in [-0.4, -0.2) is 72.8 Å². The molecular weight excluding hydrogens is 454 g/mol. The molecule has 0 atom stereocenters. The predicted molar refractivity (Wildman–Crippen MR) is 133 cm³/mol. The van der Waals surface area contributed by atoms with E-state index in [0.29, 0.717) is 31.9 Å². The number of nitrogens with zero attached hydrogens (tertiary/aromatic N) is 3. The van der Waals surface area contributed by atoms with E-state index in [1.54, 1.807) is 11.9 Å². The van der Waals surface area contributed by atoms with Crippen molar-refractivity contribution in [3.05, 3.63) is 58.4 Å². The summed E-state index contributed by atoms with van der Waals surface area (Å²) in [7, 11) is 3.29. The van der Waals surface area contributed by atoms with Crippen molar-refractivity contribution in [2.24, 2.45) is 0 Å². The quantitative estimate of drug-likeness (QED) is 0.561. The molecule has 1 aliphatic heterocycles. The summed E-state index contributed by atoms with van der Waals surface area (Å²) in [5.41, 5.74) is 1.85. The normalized spacial score (nSPS) is 14.9. The first-order valence-corrected chi connectivity index (χ1v) is 11.7. The van der Waals surface area contributed by atoms with E-state index in [0.717, 1.165) is 11.1 Å². The number of halogens is 1. The lowest BCUT2D eigenvalue weighted by Gasteiger charge is -2.50. The lowest BCUT2D eigenvalue weighted by Crippen LogP contribution is -2.66. The Morgan fingerprint density at radius 2 is 1.91 bits per heavy atom. The average molecular weight is 486 g/mol. The van der Waals surface area contributed by atoms with Gasteiger partial charge >= 0.3 is 0 Å². The molecular formula is C25H32ClN5O3. The van der Waals surface area contributed by atoms with Gasteiger partial charge in [-0.15, -0.1) is 0 Å². The molecule has 1 aromatic heterocycles. The van der Waals surface area contributed by atoms with Crippen LogP contribution < -0.4 is 10.6 Å². The van der Waals surface area contributed by atoms with E-state index in [-0.39, 0.29) is 34.4 Å². The topological polar surface area (TPSA) is 94.6 Å². The van der Waals surface area contributed by atoms with Crippen LogP contribution in [0, 0.1) is 0 Å². The Bertz CT molecular complexity index is 1080. The van der Waals surface area contributed by atoms with Crippen LogP contribution >= 0.6 is 11.6 Å². The molecule has 2 heterocycles. The third-order valence-corrected chi connectivity index (χ3v) is 6.61. The van der Waals surface area contributed by atoms with Crippen LogP contribution in [0.2, 0.25) is 5.15 Å². The molecule has 2 N–H and O–H groups in total. The average Bonchev–Trinajstić information content (AvgIpc) is 2.78. The number of hydrogen-bond donors (Lipinski definition) is 2. The molecule has 3 rings (SSSR count). The second-order valence-electron chi connectivity index (χ2n) is 9.06. The Morgan fingerprint density at radius 1 is 1.24 bits per heavy atom. The molecule has 9 heteroatoms. The number of likely N-dealkylation sites (tertiary alicyclic amines) is 1. The van der Waals surface area contributed by atoms with Gasteiger partial charge in [-0.05, 0) is 23.1 Å². The number of benzene rings is 1. The van der Waals surface area contributed by atoms with Crippen LogP contribution in [0.4, 0.5) is 5.69 Å². The molecule has 8 nitrogen and oxygen atoms in total. The van der Waals surface area contributed by atoms with Gasteiger partial charge in [-0.3, -0.25) is 19.3 Å². The highest BCUT2D eigenvalue weighted by Crippen LogP contribution is 2.40. The number of likely N-dealkylation sites (N-methyl/N-ethyl adjacent to an activating group) is 1. The monoisotopic (exact) mass is 485 g/mol. The van der Waals surface area contributed by atoms with Gasteiger partial charge in [0.2, 0.25) is 11.8 Å². The van der Waals surface area contributed by atoms with E-state index in [1.807, 2.05) is 18.2 Å². The third-order valence-electron chi connectivity index (χ3n) is 6.40. The second kappa shape index (κ2) is 10.5. The number of amides is 3. The Labute approximate surface area is 205 Å². The Balaban J connectivity index is 1.93. The van der Waals surface area contributed by atoms with Crippen LogP contribution in [0.3, 0.4) is 0 Å². The van der Waals surface area contributed by atoms with Gasteiger partial charge in [-0.2, -0.15) is 0 Å². The van der Waals surface area contributed by atoms with Crippen molar-refractivity contribution in [2.75, 3.05) is 45.6 Å². The minimum Gasteiger partial charge on any atom is -0.355 e. The van der Waals surface area contributed by atoms with Gasteiger partial charge in [0.05, 0.1) is 22.9 Å². The predicted octanol–water partition coefficient (Wildman–Crippen LogP) is 2.89. The van der Waals surface area contributed by atoms with Crippen molar-refractivity contribution in [2.45, 2.75) is 32.1 Å². The molecule has 2 aromatic rings. The molecule has 1 aliphatic rings. The second-order valence-corrected chi connectivity index (χ2v) is 9.45. The van der Waals surface area contributed by atoms with Gasteiger partial charge in [0.25, 0.3) is 5.91 Å². The van der Waals surface area contributed by atoms with Crippen LogP contribution in [0.15, 0.2) is 36.5 Å². The number of carbonyl (C=O) groups excluding carboxylic acids is 3. The number of rotatable bonds is 8. The number of nitrogens with one attached hydrogen (secondary N) is 2. The maximum absolute atomic E-state index is 13.8. The Kier molecular flexibility index (Phi) is 7.94. The highest BCUT2D eigenvalue weighted by molar-refractivity contribution is 6.30. The molecule has 0 bridgehead atoms. The summed E-state index contributed by atoms with van der Waals surface area (Å²) in [5, 5.41) is 5.69. The molecule has 34 heavy (non-hydrogen) atoms. The van der Waals surface area contributed by atoms with E-state index in [2.05, 4.69) is 40.4 Å². The van der Waals surface area contributed by atoms with Gasteiger partial charge in [0.15, 0.2) is 0 Å². The van der Waals surface area contributed by atoms with Crippen LogP contribution in [-0.2, 0) is 15.0 Å². The number of anilines is 1.